The van der Waals surface area contributed by atoms with Crippen LogP contribution in [-0.2, 0) is 0 Å². The zero-order chi connectivity index (χ0) is 9.14. The molecule has 0 N–H and O–H groups in total. The topological polar surface area (TPSA) is 30.2 Å². The Labute approximate surface area is 72.1 Å². The van der Waals surface area contributed by atoms with Gasteiger partial charge in [0.25, 0.3) is 0 Å². The Kier molecular flexibility index (Phi) is 2.43. The first-order chi connectivity index (χ1) is 5.69. The van der Waals surface area contributed by atoms with Gasteiger partial charge in [0.15, 0.2) is 5.49 Å². The van der Waals surface area contributed by atoms with E-state index in [9.17, 15) is 0 Å². The minimum atomic E-state index is 0.857. The molecule has 64 valence electrons. The van der Waals surface area contributed by atoms with Crippen molar-refractivity contribution in [2.45, 2.75) is 13.8 Å². The van der Waals surface area contributed by atoms with Crippen molar-refractivity contribution in [2.24, 2.45) is 4.99 Å². The second-order valence-corrected chi connectivity index (χ2v) is 2.64. The number of hydrogen-bond acceptors (Lipinski definition) is 2. The van der Waals surface area contributed by atoms with E-state index < -0.39 is 0 Å². The molecule has 0 aliphatic carbocycles. The maximum absolute atomic E-state index is 4.23. The highest BCUT2D eigenvalue weighted by Gasteiger charge is 1.95. The summed E-state index contributed by atoms with van der Waals surface area (Å²) in [5.74, 6) is 0. The molecule has 0 bridgehead atoms. The number of hydrogen-bond donors (Lipinski definition) is 0. The molecule has 1 rings (SSSR count). The molecule has 1 aromatic rings. The maximum Gasteiger partial charge on any atom is 0.151 e. The van der Waals surface area contributed by atoms with Crippen molar-refractivity contribution in [3.8, 4) is 0 Å². The first-order valence-corrected chi connectivity index (χ1v) is 3.81. The van der Waals surface area contributed by atoms with Gasteiger partial charge in [0.1, 0.15) is 0 Å². The summed E-state index contributed by atoms with van der Waals surface area (Å²) in [6, 6.07) is 2.00. The van der Waals surface area contributed by atoms with Crippen molar-refractivity contribution >= 4 is 6.20 Å². The minimum absolute atomic E-state index is 0.857. The standard InChI is InChI=1S/C9H13N3/c1-5-12-9(10-4)7(2)6-8(3)11-12/h5-6H,1H2,2-4H3. The van der Waals surface area contributed by atoms with Gasteiger partial charge in [-0.25, -0.2) is 4.68 Å². The van der Waals surface area contributed by atoms with Crippen LogP contribution in [0.25, 0.3) is 6.20 Å². The van der Waals surface area contributed by atoms with Gasteiger partial charge in [-0.1, -0.05) is 6.58 Å². The molecule has 0 spiro atoms. The van der Waals surface area contributed by atoms with Crippen molar-refractivity contribution in [2.75, 3.05) is 7.05 Å². The Morgan fingerprint density at radius 1 is 1.58 bits per heavy atom. The fourth-order valence-electron chi connectivity index (χ4n) is 1.21. The van der Waals surface area contributed by atoms with Gasteiger partial charge < -0.3 is 0 Å². The predicted octanol–water partition coefficient (Wildman–Crippen LogP) is 1.13. The van der Waals surface area contributed by atoms with Gasteiger partial charge in [0, 0.05) is 13.2 Å². The molecule has 0 unspecified atom stereocenters. The second kappa shape index (κ2) is 3.34. The molecular weight excluding hydrogens is 150 g/mol. The van der Waals surface area contributed by atoms with Crippen LogP contribution in [0.1, 0.15) is 11.3 Å². The lowest BCUT2D eigenvalue weighted by atomic mass is 10.3. The highest BCUT2D eigenvalue weighted by Crippen LogP contribution is 1.92. The molecule has 0 fully saturated rings. The molecule has 0 aliphatic heterocycles. The van der Waals surface area contributed by atoms with E-state index in [1.54, 1.807) is 17.9 Å². The van der Waals surface area contributed by atoms with Gasteiger partial charge in [-0.2, -0.15) is 5.10 Å². The summed E-state index contributed by atoms with van der Waals surface area (Å²) in [5, 5.41) is 4.23. The van der Waals surface area contributed by atoms with Crippen LogP contribution < -0.4 is 5.49 Å². The van der Waals surface area contributed by atoms with Crippen LogP contribution in [0, 0.1) is 13.8 Å². The van der Waals surface area contributed by atoms with Crippen LogP contribution in [0.2, 0.25) is 0 Å². The monoisotopic (exact) mass is 163 g/mol. The highest BCUT2D eigenvalue weighted by molar-refractivity contribution is 5.19. The van der Waals surface area contributed by atoms with Crippen molar-refractivity contribution in [3.05, 3.63) is 29.4 Å². The lowest BCUT2D eigenvalue weighted by molar-refractivity contribution is 0.790. The van der Waals surface area contributed by atoms with E-state index in [1.165, 1.54) is 0 Å². The largest absolute Gasteiger partial charge is 0.270 e. The summed E-state index contributed by atoms with van der Waals surface area (Å²) in [7, 11) is 1.75. The third kappa shape index (κ3) is 1.44. The van der Waals surface area contributed by atoms with E-state index >= 15 is 0 Å². The van der Waals surface area contributed by atoms with Crippen LogP contribution >= 0.6 is 0 Å². The number of aromatic nitrogens is 2. The lowest BCUT2D eigenvalue weighted by Gasteiger charge is -2.03. The van der Waals surface area contributed by atoms with E-state index in [0.29, 0.717) is 0 Å². The van der Waals surface area contributed by atoms with E-state index in [4.69, 9.17) is 0 Å². The van der Waals surface area contributed by atoms with E-state index in [-0.39, 0.29) is 0 Å². The summed E-state index contributed by atoms with van der Waals surface area (Å²) in [5.41, 5.74) is 2.94. The summed E-state index contributed by atoms with van der Waals surface area (Å²) in [6.45, 7) is 7.62. The number of nitrogens with zero attached hydrogens (tertiary/aromatic N) is 3. The molecule has 0 atom stereocenters. The highest BCUT2D eigenvalue weighted by atomic mass is 15.3. The lowest BCUT2D eigenvalue weighted by Crippen LogP contribution is -2.22. The van der Waals surface area contributed by atoms with E-state index in [2.05, 4.69) is 16.7 Å². The summed E-state index contributed by atoms with van der Waals surface area (Å²) < 4.78 is 1.69. The predicted molar refractivity (Wildman–Crippen MR) is 49.6 cm³/mol. The van der Waals surface area contributed by atoms with Gasteiger partial charge >= 0.3 is 0 Å². The fourth-order valence-corrected chi connectivity index (χ4v) is 1.21. The van der Waals surface area contributed by atoms with Gasteiger partial charge in [0.2, 0.25) is 0 Å². The van der Waals surface area contributed by atoms with Crippen LogP contribution in [0.15, 0.2) is 17.6 Å². The van der Waals surface area contributed by atoms with Crippen molar-refractivity contribution < 1.29 is 0 Å². The normalized spacial score (nSPS) is 11.8. The second-order valence-electron chi connectivity index (χ2n) is 2.64. The Balaban J connectivity index is 3.56. The molecule has 0 aromatic carbocycles. The molecule has 3 nitrogen and oxygen atoms in total. The number of aryl methyl sites for hydroxylation is 2. The first kappa shape index (κ1) is 8.71. The van der Waals surface area contributed by atoms with Crippen LogP contribution in [-0.4, -0.2) is 16.8 Å². The first-order valence-electron chi connectivity index (χ1n) is 3.81. The third-order valence-corrected chi connectivity index (χ3v) is 1.65. The van der Waals surface area contributed by atoms with Crippen LogP contribution in [0.5, 0.6) is 0 Å². The van der Waals surface area contributed by atoms with E-state index in [1.807, 2.05) is 19.9 Å². The van der Waals surface area contributed by atoms with E-state index in [0.717, 1.165) is 16.7 Å². The molecule has 1 heterocycles. The smallest absolute Gasteiger partial charge is 0.151 e. The zero-order valence-electron chi connectivity index (χ0n) is 7.70. The van der Waals surface area contributed by atoms with Crippen molar-refractivity contribution in [1.29, 1.82) is 0 Å². The zero-order valence-corrected chi connectivity index (χ0v) is 7.70. The minimum Gasteiger partial charge on any atom is -0.270 e. The summed E-state index contributed by atoms with van der Waals surface area (Å²) in [4.78, 5) is 4.11. The maximum atomic E-state index is 4.23. The van der Waals surface area contributed by atoms with Crippen molar-refractivity contribution in [3.63, 3.8) is 0 Å². The SMILES string of the molecule is C=Cn1nc(C)cc(C)c1=NC. The quantitative estimate of drug-likeness (QED) is 0.610. The van der Waals surface area contributed by atoms with Gasteiger partial charge in [-0.15, -0.1) is 0 Å². The molecule has 0 aliphatic rings. The molecule has 12 heavy (non-hydrogen) atoms. The Morgan fingerprint density at radius 3 is 2.75 bits per heavy atom. The average molecular weight is 163 g/mol. The summed E-state index contributed by atoms with van der Waals surface area (Å²) in [6.07, 6.45) is 1.66. The summed E-state index contributed by atoms with van der Waals surface area (Å²) >= 11 is 0. The van der Waals surface area contributed by atoms with Crippen LogP contribution in [0.3, 0.4) is 0 Å². The van der Waals surface area contributed by atoms with Crippen LogP contribution in [0.4, 0.5) is 0 Å². The molecule has 1 aromatic heterocycles. The Hall–Kier alpha value is -1.38. The Bertz CT molecular complexity index is 361. The molecular formula is C9H13N3. The molecule has 0 amide bonds. The fraction of sp³-hybridized carbons (Fsp3) is 0.333. The van der Waals surface area contributed by atoms with Gasteiger partial charge in [0.05, 0.1) is 5.69 Å². The molecule has 0 saturated heterocycles. The van der Waals surface area contributed by atoms with Gasteiger partial charge in [-0.3, -0.25) is 4.99 Å². The molecule has 0 saturated carbocycles. The van der Waals surface area contributed by atoms with Gasteiger partial charge in [-0.05, 0) is 25.5 Å². The average Bonchev–Trinajstić information content (AvgIpc) is 2.03. The Morgan fingerprint density at radius 2 is 2.25 bits per heavy atom. The molecule has 0 radical (unpaired) electrons. The molecule has 3 heteroatoms. The number of rotatable bonds is 1. The third-order valence-electron chi connectivity index (χ3n) is 1.65. The van der Waals surface area contributed by atoms with Crippen molar-refractivity contribution in [1.82, 2.24) is 9.78 Å².